The molecule has 0 aliphatic heterocycles. The fraction of sp³-hybridized carbons (Fsp3) is 0.333. The number of hydrogen-bond acceptors (Lipinski definition) is 4. The lowest BCUT2D eigenvalue weighted by Crippen LogP contribution is -2.34. The highest BCUT2D eigenvalue weighted by Crippen LogP contribution is 2.36. The number of para-hydroxylation sites is 1. The van der Waals surface area contributed by atoms with E-state index in [0.717, 1.165) is 35.4 Å². The maximum atomic E-state index is 12.9. The van der Waals surface area contributed by atoms with Crippen molar-refractivity contribution < 1.29 is 14.3 Å². The van der Waals surface area contributed by atoms with E-state index in [-0.39, 0.29) is 11.8 Å². The first-order valence-electron chi connectivity index (χ1n) is 10.3. The van der Waals surface area contributed by atoms with Gasteiger partial charge in [0.1, 0.15) is 11.4 Å². The third-order valence-corrected chi connectivity index (χ3v) is 5.25. The summed E-state index contributed by atoms with van der Waals surface area (Å²) < 4.78 is 13.2. The van der Waals surface area contributed by atoms with Gasteiger partial charge in [0.05, 0.1) is 18.7 Å². The molecule has 0 atom stereocenters. The fourth-order valence-corrected chi connectivity index (χ4v) is 3.50. The molecule has 1 aliphatic carbocycles. The molecule has 1 amide bonds. The molecule has 4 rings (SSSR count). The standard InChI is InChI=1S/C24H27N3O3/c1-26-24(30-20-11-7-4-8-12-20)21(22(25-26)18-9-5-3-6-10-18)17-27(15-16-29-2)23(28)19-13-14-19/h3-12,19H,13-17H2,1-2H3. The first kappa shape index (κ1) is 20.2. The normalized spacial score (nSPS) is 13.3. The minimum atomic E-state index is 0.136. The van der Waals surface area contributed by atoms with E-state index in [0.29, 0.717) is 25.6 Å². The minimum Gasteiger partial charge on any atom is -0.439 e. The molecule has 0 unspecified atom stereocenters. The van der Waals surface area contributed by atoms with Crippen LogP contribution in [0.25, 0.3) is 11.3 Å². The molecule has 0 N–H and O–H groups in total. The summed E-state index contributed by atoms with van der Waals surface area (Å²) in [4.78, 5) is 14.8. The zero-order valence-electron chi connectivity index (χ0n) is 17.5. The quantitative estimate of drug-likeness (QED) is 0.534. The van der Waals surface area contributed by atoms with Crippen molar-refractivity contribution in [3.05, 3.63) is 66.2 Å². The number of nitrogens with zero attached hydrogens (tertiary/aromatic N) is 3. The molecule has 30 heavy (non-hydrogen) atoms. The number of carbonyl (C=O) groups excluding carboxylic acids is 1. The van der Waals surface area contributed by atoms with Crippen molar-refractivity contribution in [2.45, 2.75) is 19.4 Å². The number of aromatic nitrogens is 2. The van der Waals surface area contributed by atoms with Crippen molar-refractivity contribution in [3.8, 4) is 22.9 Å². The summed E-state index contributed by atoms with van der Waals surface area (Å²) in [7, 11) is 3.53. The molecule has 1 aromatic heterocycles. The lowest BCUT2D eigenvalue weighted by Gasteiger charge is -2.23. The van der Waals surface area contributed by atoms with E-state index in [4.69, 9.17) is 14.6 Å². The second kappa shape index (κ2) is 9.13. The van der Waals surface area contributed by atoms with Gasteiger partial charge in [-0.15, -0.1) is 0 Å². The van der Waals surface area contributed by atoms with Gasteiger partial charge in [0.25, 0.3) is 0 Å². The van der Waals surface area contributed by atoms with Crippen molar-refractivity contribution >= 4 is 5.91 Å². The van der Waals surface area contributed by atoms with Crippen LogP contribution in [0.3, 0.4) is 0 Å². The van der Waals surface area contributed by atoms with E-state index in [1.165, 1.54) is 0 Å². The van der Waals surface area contributed by atoms with Crippen LogP contribution in [-0.2, 0) is 23.1 Å². The van der Waals surface area contributed by atoms with Gasteiger partial charge in [-0.05, 0) is 25.0 Å². The molecule has 1 heterocycles. The van der Waals surface area contributed by atoms with Gasteiger partial charge >= 0.3 is 0 Å². The number of methoxy groups -OCH3 is 1. The summed E-state index contributed by atoms with van der Waals surface area (Å²) in [5.74, 6) is 1.70. The number of amides is 1. The highest BCUT2D eigenvalue weighted by molar-refractivity contribution is 5.81. The van der Waals surface area contributed by atoms with Gasteiger partial charge in [0, 0.05) is 32.2 Å². The van der Waals surface area contributed by atoms with Gasteiger partial charge in [-0.25, -0.2) is 4.68 Å². The van der Waals surface area contributed by atoms with Crippen molar-refractivity contribution in [2.75, 3.05) is 20.3 Å². The second-order valence-electron chi connectivity index (χ2n) is 7.56. The van der Waals surface area contributed by atoms with Crippen molar-refractivity contribution in [1.29, 1.82) is 0 Å². The van der Waals surface area contributed by atoms with E-state index < -0.39 is 0 Å². The van der Waals surface area contributed by atoms with Crippen LogP contribution < -0.4 is 4.74 Å². The zero-order chi connectivity index (χ0) is 20.9. The van der Waals surface area contributed by atoms with Crippen LogP contribution in [0.2, 0.25) is 0 Å². The Bertz CT molecular complexity index is 982. The molecule has 1 saturated carbocycles. The first-order chi connectivity index (χ1) is 14.7. The molecular formula is C24H27N3O3. The molecular weight excluding hydrogens is 378 g/mol. The molecule has 6 heteroatoms. The van der Waals surface area contributed by atoms with Crippen LogP contribution >= 0.6 is 0 Å². The van der Waals surface area contributed by atoms with E-state index in [2.05, 4.69) is 0 Å². The zero-order valence-corrected chi connectivity index (χ0v) is 17.5. The first-order valence-corrected chi connectivity index (χ1v) is 10.3. The number of benzene rings is 2. The third kappa shape index (κ3) is 4.54. The SMILES string of the molecule is COCCN(Cc1c(-c2ccccc2)nn(C)c1Oc1ccccc1)C(=O)C1CC1. The van der Waals surface area contributed by atoms with Crippen LogP contribution in [-0.4, -0.2) is 40.8 Å². The Morgan fingerprint density at radius 3 is 2.40 bits per heavy atom. The highest BCUT2D eigenvalue weighted by atomic mass is 16.5. The Morgan fingerprint density at radius 1 is 1.10 bits per heavy atom. The summed E-state index contributed by atoms with van der Waals surface area (Å²) in [6.45, 7) is 1.47. The van der Waals surface area contributed by atoms with Crippen LogP contribution in [0.15, 0.2) is 60.7 Å². The van der Waals surface area contributed by atoms with Gasteiger partial charge < -0.3 is 14.4 Å². The predicted octanol–water partition coefficient (Wildman–Crippen LogP) is 4.26. The van der Waals surface area contributed by atoms with Gasteiger partial charge in [-0.1, -0.05) is 48.5 Å². The van der Waals surface area contributed by atoms with Gasteiger partial charge in [0.15, 0.2) is 0 Å². The molecule has 0 radical (unpaired) electrons. The van der Waals surface area contributed by atoms with E-state index in [1.807, 2.05) is 72.6 Å². The molecule has 156 valence electrons. The van der Waals surface area contributed by atoms with Gasteiger partial charge in [-0.2, -0.15) is 5.10 Å². The smallest absolute Gasteiger partial charge is 0.226 e. The maximum absolute atomic E-state index is 12.9. The van der Waals surface area contributed by atoms with Crippen molar-refractivity contribution in [2.24, 2.45) is 13.0 Å². The minimum absolute atomic E-state index is 0.136. The number of rotatable bonds is 9. The van der Waals surface area contributed by atoms with Crippen LogP contribution in [0.1, 0.15) is 18.4 Å². The monoisotopic (exact) mass is 405 g/mol. The van der Waals surface area contributed by atoms with Gasteiger partial charge in [-0.3, -0.25) is 4.79 Å². The largest absolute Gasteiger partial charge is 0.439 e. The molecule has 0 bridgehead atoms. The summed E-state index contributed by atoms with van der Waals surface area (Å²) in [5.41, 5.74) is 2.73. The number of carbonyl (C=O) groups is 1. The Hall–Kier alpha value is -3.12. The Kier molecular flexibility index (Phi) is 6.14. The van der Waals surface area contributed by atoms with Crippen molar-refractivity contribution in [1.82, 2.24) is 14.7 Å². The predicted molar refractivity (Wildman–Crippen MR) is 115 cm³/mol. The van der Waals surface area contributed by atoms with Gasteiger partial charge in [0.2, 0.25) is 11.8 Å². The summed E-state index contributed by atoms with van der Waals surface area (Å²) in [5, 5.41) is 4.75. The van der Waals surface area contributed by atoms with E-state index in [9.17, 15) is 4.79 Å². The third-order valence-electron chi connectivity index (χ3n) is 5.25. The van der Waals surface area contributed by atoms with E-state index >= 15 is 0 Å². The molecule has 1 fully saturated rings. The number of ether oxygens (including phenoxy) is 2. The van der Waals surface area contributed by atoms with Crippen LogP contribution in [0, 0.1) is 5.92 Å². The Balaban J connectivity index is 1.73. The fourth-order valence-electron chi connectivity index (χ4n) is 3.50. The number of aryl methyl sites for hydroxylation is 1. The Morgan fingerprint density at radius 2 is 1.77 bits per heavy atom. The molecule has 6 nitrogen and oxygen atoms in total. The molecule has 0 saturated heterocycles. The summed E-state index contributed by atoms with van der Waals surface area (Å²) in [6.07, 6.45) is 1.93. The number of hydrogen-bond donors (Lipinski definition) is 0. The lowest BCUT2D eigenvalue weighted by atomic mass is 10.1. The topological polar surface area (TPSA) is 56.6 Å². The highest BCUT2D eigenvalue weighted by Gasteiger charge is 2.34. The van der Waals surface area contributed by atoms with Crippen LogP contribution in [0.4, 0.5) is 0 Å². The average Bonchev–Trinajstić information content (AvgIpc) is 3.59. The maximum Gasteiger partial charge on any atom is 0.226 e. The molecule has 2 aromatic carbocycles. The molecule has 0 spiro atoms. The summed E-state index contributed by atoms with van der Waals surface area (Å²) in [6, 6.07) is 19.7. The molecule has 1 aliphatic rings. The average molecular weight is 405 g/mol. The second-order valence-corrected chi connectivity index (χ2v) is 7.56. The van der Waals surface area contributed by atoms with E-state index in [1.54, 1.807) is 11.8 Å². The molecule has 3 aromatic rings. The van der Waals surface area contributed by atoms with Crippen LogP contribution in [0.5, 0.6) is 11.6 Å². The summed E-state index contributed by atoms with van der Waals surface area (Å²) >= 11 is 0. The lowest BCUT2D eigenvalue weighted by molar-refractivity contribution is -0.133. The van der Waals surface area contributed by atoms with Crippen molar-refractivity contribution in [3.63, 3.8) is 0 Å². The Labute approximate surface area is 177 Å².